The van der Waals surface area contributed by atoms with Crippen LogP contribution in [0.4, 0.5) is 0 Å². The molecule has 0 saturated carbocycles. The molecular formula is C15H15NS2. The number of fused-ring (bicyclic) bond motifs is 1. The maximum atomic E-state index is 6.43. The molecule has 1 aromatic carbocycles. The number of hydrogen-bond donors (Lipinski definition) is 1. The van der Waals surface area contributed by atoms with Crippen molar-refractivity contribution >= 4 is 32.8 Å². The largest absolute Gasteiger partial charge is 0.320 e. The molecule has 92 valence electrons. The molecule has 1 nitrogen and oxygen atoms in total. The predicted molar refractivity (Wildman–Crippen MR) is 81.6 cm³/mol. The molecule has 3 aromatic rings. The first kappa shape index (κ1) is 11.9. The Hall–Kier alpha value is -1.16. The SMILES string of the molecule is CCc1ccc(C(N)c2cccc3ccsc23)s1. The van der Waals surface area contributed by atoms with Crippen molar-refractivity contribution in [2.45, 2.75) is 19.4 Å². The molecule has 2 heterocycles. The van der Waals surface area contributed by atoms with Crippen LogP contribution in [-0.2, 0) is 6.42 Å². The molecule has 2 aromatic heterocycles. The first-order chi connectivity index (χ1) is 8.79. The van der Waals surface area contributed by atoms with Crippen molar-refractivity contribution in [3.63, 3.8) is 0 Å². The molecule has 3 heteroatoms. The molecule has 0 aliphatic heterocycles. The Kier molecular flexibility index (Phi) is 3.20. The molecule has 0 aliphatic rings. The van der Waals surface area contributed by atoms with Gasteiger partial charge in [-0.2, -0.15) is 0 Å². The Morgan fingerprint density at radius 2 is 2.06 bits per heavy atom. The molecule has 0 fully saturated rings. The van der Waals surface area contributed by atoms with Crippen LogP contribution in [0, 0.1) is 0 Å². The zero-order valence-corrected chi connectivity index (χ0v) is 11.9. The number of nitrogens with two attached hydrogens (primary N) is 1. The highest BCUT2D eigenvalue weighted by Crippen LogP contribution is 2.33. The minimum absolute atomic E-state index is 0.00218. The van der Waals surface area contributed by atoms with E-state index in [2.05, 4.69) is 48.7 Å². The second kappa shape index (κ2) is 4.84. The summed E-state index contributed by atoms with van der Waals surface area (Å²) >= 11 is 3.60. The molecular weight excluding hydrogens is 258 g/mol. The van der Waals surface area contributed by atoms with Gasteiger partial charge in [0, 0.05) is 14.5 Å². The summed E-state index contributed by atoms with van der Waals surface area (Å²) in [6, 6.07) is 12.9. The maximum Gasteiger partial charge on any atom is 0.0660 e. The molecule has 18 heavy (non-hydrogen) atoms. The highest BCUT2D eigenvalue weighted by Gasteiger charge is 2.14. The third-order valence-corrected chi connectivity index (χ3v) is 5.47. The van der Waals surface area contributed by atoms with Gasteiger partial charge in [-0.25, -0.2) is 0 Å². The van der Waals surface area contributed by atoms with Gasteiger partial charge in [0.2, 0.25) is 0 Å². The normalized spacial score (nSPS) is 13.0. The van der Waals surface area contributed by atoms with Gasteiger partial charge in [0.25, 0.3) is 0 Å². The fourth-order valence-corrected chi connectivity index (χ4v) is 4.09. The Labute approximate surface area is 115 Å². The molecule has 1 atom stereocenters. The summed E-state index contributed by atoms with van der Waals surface area (Å²) in [5, 5.41) is 3.42. The average molecular weight is 273 g/mol. The number of rotatable bonds is 3. The molecule has 0 aliphatic carbocycles. The monoisotopic (exact) mass is 273 g/mol. The van der Waals surface area contributed by atoms with Crippen molar-refractivity contribution < 1.29 is 0 Å². The smallest absolute Gasteiger partial charge is 0.0660 e. The molecule has 0 saturated heterocycles. The molecule has 0 radical (unpaired) electrons. The van der Waals surface area contributed by atoms with Crippen LogP contribution >= 0.6 is 22.7 Å². The zero-order chi connectivity index (χ0) is 12.5. The topological polar surface area (TPSA) is 26.0 Å². The highest BCUT2D eigenvalue weighted by molar-refractivity contribution is 7.17. The quantitative estimate of drug-likeness (QED) is 0.743. The summed E-state index contributed by atoms with van der Waals surface area (Å²) < 4.78 is 1.32. The van der Waals surface area contributed by atoms with Crippen molar-refractivity contribution in [3.05, 3.63) is 57.1 Å². The molecule has 0 spiro atoms. The molecule has 2 N–H and O–H groups in total. The first-order valence-corrected chi connectivity index (χ1v) is 7.79. The van der Waals surface area contributed by atoms with E-state index >= 15 is 0 Å². The second-order valence-corrected chi connectivity index (χ2v) is 6.44. The van der Waals surface area contributed by atoms with Crippen molar-refractivity contribution in [2.75, 3.05) is 0 Å². The van der Waals surface area contributed by atoms with Gasteiger partial charge in [-0.1, -0.05) is 25.1 Å². The lowest BCUT2D eigenvalue weighted by atomic mass is 10.0. The van der Waals surface area contributed by atoms with E-state index in [4.69, 9.17) is 5.73 Å². The van der Waals surface area contributed by atoms with Crippen molar-refractivity contribution in [1.29, 1.82) is 0 Å². The Bertz CT molecular complexity index is 666. The van der Waals surface area contributed by atoms with Crippen molar-refractivity contribution in [3.8, 4) is 0 Å². The van der Waals surface area contributed by atoms with Gasteiger partial charge in [0.1, 0.15) is 0 Å². The lowest BCUT2D eigenvalue weighted by molar-refractivity contribution is 0.905. The van der Waals surface area contributed by atoms with E-state index < -0.39 is 0 Å². The Balaban J connectivity index is 2.05. The standard InChI is InChI=1S/C15H15NS2/c1-2-11-6-7-13(18-11)14(16)12-5-3-4-10-8-9-17-15(10)12/h3-9,14H,2,16H2,1H3. The Morgan fingerprint density at radius 3 is 2.83 bits per heavy atom. The third-order valence-electron chi connectivity index (χ3n) is 3.18. The highest BCUT2D eigenvalue weighted by atomic mass is 32.1. The second-order valence-electron chi connectivity index (χ2n) is 4.32. The summed E-state index contributed by atoms with van der Waals surface area (Å²) in [6.07, 6.45) is 1.08. The number of hydrogen-bond acceptors (Lipinski definition) is 3. The Morgan fingerprint density at radius 1 is 1.17 bits per heavy atom. The lowest BCUT2D eigenvalue weighted by Gasteiger charge is -2.11. The number of benzene rings is 1. The van der Waals surface area contributed by atoms with Crippen molar-refractivity contribution in [1.82, 2.24) is 0 Å². The van der Waals surface area contributed by atoms with Crippen LogP contribution in [0.2, 0.25) is 0 Å². The summed E-state index contributed by atoms with van der Waals surface area (Å²) in [7, 11) is 0. The number of aryl methyl sites for hydroxylation is 1. The van der Waals surface area contributed by atoms with Gasteiger partial charge < -0.3 is 5.73 Å². The van der Waals surface area contributed by atoms with E-state index in [1.807, 2.05) is 11.3 Å². The van der Waals surface area contributed by atoms with Crippen LogP contribution in [0.5, 0.6) is 0 Å². The van der Waals surface area contributed by atoms with Gasteiger partial charge in [-0.3, -0.25) is 0 Å². The van der Waals surface area contributed by atoms with Crippen molar-refractivity contribution in [2.24, 2.45) is 5.73 Å². The van der Waals surface area contributed by atoms with Crippen LogP contribution in [0.25, 0.3) is 10.1 Å². The molecule has 1 unspecified atom stereocenters. The van der Waals surface area contributed by atoms with Crippen LogP contribution in [0.15, 0.2) is 41.8 Å². The van der Waals surface area contributed by atoms with Crippen LogP contribution in [-0.4, -0.2) is 0 Å². The van der Waals surface area contributed by atoms with Crippen LogP contribution in [0.3, 0.4) is 0 Å². The molecule has 0 bridgehead atoms. The molecule has 0 amide bonds. The fourth-order valence-electron chi connectivity index (χ4n) is 2.17. The minimum atomic E-state index is -0.00218. The number of thiophene rings is 2. The van der Waals surface area contributed by atoms with E-state index in [-0.39, 0.29) is 6.04 Å². The van der Waals surface area contributed by atoms with E-state index in [0.29, 0.717) is 0 Å². The molecule has 3 rings (SSSR count). The van der Waals surface area contributed by atoms with Crippen LogP contribution in [0.1, 0.15) is 28.3 Å². The summed E-state index contributed by atoms with van der Waals surface area (Å²) in [6.45, 7) is 2.18. The third kappa shape index (κ3) is 1.99. The van der Waals surface area contributed by atoms with E-state index in [1.54, 1.807) is 11.3 Å². The summed E-state index contributed by atoms with van der Waals surface area (Å²) in [5.74, 6) is 0. The van der Waals surface area contributed by atoms with Gasteiger partial charge in [-0.15, -0.1) is 22.7 Å². The average Bonchev–Trinajstić information content (AvgIpc) is 3.05. The minimum Gasteiger partial charge on any atom is -0.320 e. The zero-order valence-electron chi connectivity index (χ0n) is 10.2. The summed E-state index contributed by atoms with van der Waals surface area (Å²) in [4.78, 5) is 2.66. The van der Waals surface area contributed by atoms with Gasteiger partial charge in [0.05, 0.1) is 6.04 Å². The summed E-state index contributed by atoms with van der Waals surface area (Å²) in [5.41, 5.74) is 7.67. The maximum absolute atomic E-state index is 6.43. The van der Waals surface area contributed by atoms with E-state index in [9.17, 15) is 0 Å². The van der Waals surface area contributed by atoms with E-state index in [0.717, 1.165) is 6.42 Å². The van der Waals surface area contributed by atoms with Gasteiger partial charge >= 0.3 is 0 Å². The predicted octanol–water partition coefficient (Wildman–Crippen LogP) is 4.57. The first-order valence-electron chi connectivity index (χ1n) is 6.10. The van der Waals surface area contributed by atoms with Gasteiger partial charge in [0.15, 0.2) is 0 Å². The van der Waals surface area contributed by atoms with Crippen LogP contribution < -0.4 is 5.73 Å². The lowest BCUT2D eigenvalue weighted by Crippen LogP contribution is -2.10. The van der Waals surface area contributed by atoms with Gasteiger partial charge in [-0.05, 0) is 40.9 Å². The van der Waals surface area contributed by atoms with E-state index in [1.165, 1.54) is 25.4 Å². The fraction of sp³-hybridized carbons (Fsp3) is 0.200.